The van der Waals surface area contributed by atoms with Crippen LogP contribution in [0.15, 0.2) is 47.4 Å². The maximum absolute atomic E-state index is 12.3. The van der Waals surface area contributed by atoms with Crippen molar-refractivity contribution in [3.63, 3.8) is 0 Å². The zero-order chi connectivity index (χ0) is 19.8. The molecule has 0 bridgehead atoms. The lowest BCUT2D eigenvalue weighted by atomic mass is 10.2. The Hall–Kier alpha value is -2.79. The minimum atomic E-state index is -2.49. The number of ether oxygens (including phenoxy) is 2. The van der Waals surface area contributed by atoms with Crippen LogP contribution in [0.4, 0.5) is 14.5 Å². The number of hydrogen-bond acceptors (Lipinski definition) is 5. The van der Waals surface area contributed by atoms with E-state index in [1.165, 1.54) is 12.1 Å². The van der Waals surface area contributed by atoms with Crippen molar-refractivity contribution >= 4 is 23.4 Å². The van der Waals surface area contributed by atoms with Gasteiger partial charge >= 0.3 is 0 Å². The van der Waals surface area contributed by atoms with Crippen molar-refractivity contribution in [1.29, 1.82) is 5.26 Å². The van der Waals surface area contributed by atoms with Gasteiger partial charge in [0.15, 0.2) is 17.6 Å². The minimum absolute atomic E-state index is 0.349. The summed E-state index contributed by atoms with van der Waals surface area (Å²) in [5.74, 6) is -2.17. The normalized spacial score (nSPS) is 11.6. The fraction of sp³-hybridized carbons (Fsp3) is 0.263. The van der Waals surface area contributed by atoms with Gasteiger partial charge in [-0.25, -0.2) is 0 Å². The molecule has 0 aliphatic heterocycles. The Balaban J connectivity index is 2.02. The molecule has 8 heteroatoms. The molecule has 0 saturated carbocycles. The Morgan fingerprint density at radius 1 is 1.22 bits per heavy atom. The molecule has 0 radical (unpaired) electrons. The predicted octanol–water partition coefficient (Wildman–Crippen LogP) is 4.68. The van der Waals surface area contributed by atoms with E-state index in [2.05, 4.69) is 5.32 Å². The van der Waals surface area contributed by atoms with E-state index >= 15 is 0 Å². The maximum atomic E-state index is 12.3. The van der Waals surface area contributed by atoms with E-state index in [0.29, 0.717) is 46.0 Å². The lowest BCUT2D eigenvalue weighted by Gasteiger charge is -2.17. The van der Waals surface area contributed by atoms with Gasteiger partial charge in [0.2, 0.25) is 0 Å². The van der Waals surface area contributed by atoms with Crippen LogP contribution in [0.1, 0.15) is 19.4 Å². The predicted molar refractivity (Wildman–Crippen MR) is 99.3 cm³/mol. The molecule has 0 saturated heterocycles. The standard InChI is InChI=1S/C19H18F2N2O3S/c1-3-25-17-10-13(11-22)4-9-16(17)26-12(2)18(24)23-14-5-7-15(8-6-14)27-19(20)21/h4-10,12,19H,3H2,1-2H3,(H,23,24)/t12-/m0/s1. The number of alkyl halides is 2. The van der Waals surface area contributed by atoms with Crippen molar-refractivity contribution in [2.75, 3.05) is 11.9 Å². The van der Waals surface area contributed by atoms with Crippen LogP contribution in [0.5, 0.6) is 11.5 Å². The highest BCUT2D eigenvalue weighted by Gasteiger charge is 2.18. The average Bonchev–Trinajstić information content (AvgIpc) is 2.64. The molecule has 142 valence electrons. The van der Waals surface area contributed by atoms with Crippen LogP contribution in [-0.2, 0) is 4.79 Å². The summed E-state index contributed by atoms with van der Waals surface area (Å²) in [6, 6.07) is 12.8. The lowest BCUT2D eigenvalue weighted by molar-refractivity contribution is -0.122. The molecule has 0 heterocycles. The van der Waals surface area contributed by atoms with E-state index in [-0.39, 0.29) is 0 Å². The molecule has 0 aliphatic carbocycles. The van der Waals surface area contributed by atoms with Crippen LogP contribution in [0.3, 0.4) is 0 Å². The van der Waals surface area contributed by atoms with Crippen molar-refractivity contribution in [3.05, 3.63) is 48.0 Å². The number of rotatable bonds is 8. The monoisotopic (exact) mass is 392 g/mol. The summed E-state index contributed by atoms with van der Waals surface area (Å²) in [6.07, 6.45) is -0.841. The first-order valence-electron chi connectivity index (χ1n) is 8.12. The highest BCUT2D eigenvalue weighted by Crippen LogP contribution is 2.30. The fourth-order valence-corrected chi connectivity index (χ4v) is 2.65. The van der Waals surface area contributed by atoms with Crippen molar-refractivity contribution in [3.8, 4) is 17.6 Å². The molecule has 1 N–H and O–H groups in total. The fourth-order valence-electron chi connectivity index (χ4n) is 2.15. The Morgan fingerprint density at radius 3 is 2.52 bits per heavy atom. The van der Waals surface area contributed by atoms with Gasteiger partial charge in [-0.2, -0.15) is 14.0 Å². The van der Waals surface area contributed by atoms with Gasteiger partial charge in [0.1, 0.15) is 0 Å². The first-order valence-corrected chi connectivity index (χ1v) is 9.00. The van der Waals surface area contributed by atoms with Crippen molar-refractivity contribution in [1.82, 2.24) is 0 Å². The van der Waals surface area contributed by atoms with Gasteiger partial charge in [-0.3, -0.25) is 4.79 Å². The second kappa shape index (κ2) is 9.78. The van der Waals surface area contributed by atoms with Crippen LogP contribution in [-0.4, -0.2) is 24.4 Å². The van der Waals surface area contributed by atoms with Crippen LogP contribution < -0.4 is 14.8 Å². The number of carbonyl (C=O) groups excluding carboxylic acids is 1. The molecule has 0 aromatic heterocycles. The number of nitrogens with zero attached hydrogens (tertiary/aromatic N) is 1. The topological polar surface area (TPSA) is 71.3 Å². The zero-order valence-electron chi connectivity index (χ0n) is 14.7. The summed E-state index contributed by atoms with van der Waals surface area (Å²) in [4.78, 5) is 12.7. The quantitative estimate of drug-likeness (QED) is 0.661. The maximum Gasteiger partial charge on any atom is 0.288 e. The van der Waals surface area contributed by atoms with E-state index in [0.717, 1.165) is 0 Å². The second-order valence-electron chi connectivity index (χ2n) is 5.36. The summed E-state index contributed by atoms with van der Waals surface area (Å²) < 4.78 is 35.8. The SMILES string of the molecule is CCOc1cc(C#N)ccc1O[C@@H](C)C(=O)Nc1ccc(SC(F)F)cc1. The highest BCUT2D eigenvalue weighted by molar-refractivity contribution is 7.99. The zero-order valence-corrected chi connectivity index (χ0v) is 15.6. The largest absolute Gasteiger partial charge is 0.490 e. The van der Waals surface area contributed by atoms with Gasteiger partial charge in [0.05, 0.1) is 18.2 Å². The molecule has 2 rings (SSSR count). The molecule has 1 atom stereocenters. The van der Waals surface area contributed by atoms with E-state index < -0.39 is 17.8 Å². The first-order chi connectivity index (χ1) is 12.9. The number of benzene rings is 2. The molecule has 2 aromatic rings. The summed E-state index contributed by atoms with van der Waals surface area (Å²) in [7, 11) is 0. The van der Waals surface area contributed by atoms with Crippen molar-refractivity contribution in [2.45, 2.75) is 30.6 Å². The van der Waals surface area contributed by atoms with E-state index in [1.54, 1.807) is 44.2 Å². The number of anilines is 1. The molecule has 1 amide bonds. The van der Waals surface area contributed by atoms with Gasteiger partial charge < -0.3 is 14.8 Å². The minimum Gasteiger partial charge on any atom is -0.490 e. The first kappa shape index (κ1) is 20.5. The molecule has 0 unspecified atom stereocenters. The lowest BCUT2D eigenvalue weighted by Crippen LogP contribution is -2.30. The Kier molecular flexibility index (Phi) is 7.44. The number of halogens is 2. The van der Waals surface area contributed by atoms with Gasteiger partial charge in [0, 0.05) is 16.6 Å². The third-order valence-corrected chi connectivity index (χ3v) is 4.12. The van der Waals surface area contributed by atoms with Gasteiger partial charge in [-0.15, -0.1) is 0 Å². The molecule has 0 spiro atoms. The summed E-state index contributed by atoms with van der Waals surface area (Å²) >= 11 is 0.436. The molecule has 2 aromatic carbocycles. The van der Waals surface area contributed by atoms with Crippen LogP contribution in [0.25, 0.3) is 0 Å². The number of amides is 1. The van der Waals surface area contributed by atoms with Gasteiger partial charge in [-0.05, 0) is 50.2 Å². The molecule has 5 nitrogen and oxygen atoms in total. The third-order valence-electron chi connectivity index (χ3n) is 3.39. The number of nitriles is 1. The van der Waals surface area contributed by atoms with Crippen LogP contribution in [0, 0.1) is 11.3 Å². The van der Waals surface area contributed by atoms with Crippen molar-refractivity contribution < 1.29 is 23.0 Å². The molecule has 0 fully saturated rings. The number of nitrogens with one attached hydrogen (secondary N) is 1. The third kappa shape index (κ3) is 6.15. The Morgan fingerprint density at radius 2 is 1.93 bits per heavy atom. The number of carbonyl (C=O) groups is 1. The number of thioether (sulfide) groups is 1. The van der Waals surface area contributed by atoms with Crippen LogP contribution >= 0.6 is 11.8 Å². The summed E-state index contributed by atoms with van der Waals surface area (Å²) in [5, 5.41) is 11.6. The number of hydrogen-bond donors (Lipinski definition) is 1. The highest BCUT2D eigenvalue weighted by atomic mass is 32.2. The Bertz CT molecular complexity index is 823. The Labute approximate surface area is 160 Å². The molecular formula is C19H18F2N2O3S. The van der Waals surface area contributed by atoms with E-state index in [9.17, 15) is 13.6 Å². The summed E-state index contributed by atoms with van der Waals surface area (Å²) in [6.45, 7) is 3.76. The second-order valence-corrected chi connectivity index (χ2v) is 6.42. The molecular weight excluding hydrogens is 374 g/mol. The van der Waals surface area contributed by atoms with E-state index in [4.69, 9.17) is 14.7 Å². The van der Waals surface area contributed by atoms with E-state index in [1.807, 2.05) is 6.07 Å². The molecule has 27 heavy (non-hydrogen) atoms. The smallest absolute Gasteiger partial charge is 0.288 e. The molecule has 0 aliphatic rings. The van der Waals surface area contributed by atoms with Gasteiger partial charge in [-0.1, -0.05) is 11.8 Å². The van der Waals surface area contributed by atoms with Crippen molar-refractivity contribution in [2.24, 2.45) is 0 Å². The van der Waals surface area contributed by atoms with Gasteiger partial charge in [0.25, 0.3) is 11.7 Å². The summed E-state index contributed by atoms with van der Waals surface area (Å²) in [5.41, 5.74) is 0.892. The average molecular weight is 392 g/mol. The van der Waals surface area contributed by atoms with Crippen LogP contribution in [0.2, 0.25) is 0 Å².